The van der Waals surface area contributed by atoms with Crippen molar-refractivity contribution in [2.75, 3.05) is 6.54 Å². The number of carbonyl (C=O) groups excluding carboxylic acids is 1. The highest BCUT2D eigenvalue weighted by atomic mass is 19.1. The molecule has 2 aliphatic rings. The number of carbonyl (C=O) groups is 1. The van der Waals surface area contributed by atoms with Gasteiger partial charge in [0.15, 0.2) is 5.69 Å². The van der Waals surface area contributed by atoms with E-state index < -0.39 is 0 Å². The van der Waals surface area contributed by atoms with Crippen LogP contribution in [0.25, 0.3) is 0 Å². The number of piperidine rings is 1. The molecule has 0 radical (unpaired) electrons. The fourth-order valence-corrected chi connectivity index (χ4v) is 4.32. The predicted octanol–water partition coefficient (Wildman–Crippen LogP) is 3.81. The maximum absolute atomic E-state index is 13.7. The summed E-state index contributed by atoms with van der Waals surface area (Å²) in [6.45, 7) is 0.714. The maximum atomic E-state index is 13.7. The van der Waals surface area contributed by atoms with Crippen molar-refractivity contribution in [3.8, 4) is 0 Å². The van der Waals surface area contributed by atoms with Gasteiger partial charge in [0.2, 0.25) is 0 Å². The van der Waals surface area contributed by atoms with Gasteiger partial charge >= 0.3 is 0 Å². The Hall–Kier alpha value is -2.17. The molecule has 0 unspecified atom stereocenters. The van der Waals surface area contributed by atoms with Crippen molar-refractivity contribution >= 4 is 5.91 Å². The molecule has 1 aromatic carbocycles. The highest BCUT2D eigenvalue weighted by Crippen LogP contribution is 2.34. The molecule has 1 aliphatic carbocycles. The van der Waals surface area contributed by atoms with Crippen LogP contribution in [0.4, 0.5) is 4.39 Å². The maximum Gasteiger partial charge on any atom is 0.275 e. The van der Waals surface area contributed by atoms with Gasteiger partial charge in [0.05, 0.1) is 6.04 Å². The predicted molar refractivity (Wildman–Crippen MR) is 93.9 cm³/mol. The average Bonchev–Trinajstić information content (AvgIpc) is 2.98. The summed E-state index contributed by atoms with van der Waals surface area (Å²) in [6.07, 6.45) is 7.15. The third-order valence-electron chi connectivity index (χ3n) is 5.56. The largest absolute Gasteiger partial charge is 0.330 e. The minimum Gasteiger partial charge on any atom is -0.330 e. The molecule has 1 saturated heterocycles. The van der Waals surface area contributed by atoms with Gasteiger partial charge in [0, 0.05) is 24.8 Å². The van der Waals surface area contributed by atoms with Gasteiger partial charge < -0.3 is 4.90 Å². The van der Waals surface area contributed by atoms with E-state index in [1.165, 1.54) is 11.8 Å². The van der Waals surface area contributed by atoms with Crippen molar-refractivity contribution in [3.63, 3.8) is 0 Å². The average molecular weight is 341 g/mol. The molecule has 4 rings (SSSR count). The molecule has 0 bridgehead atoms. The molecule has 1 atom stereocenters. The van der Waals surface area contributed by atoms with Crippen LogP contribution in [0.3, 0.4) is 0 Å². The minimum absolute atomic E-state index is 0.00714. The Morgan fingerprint density at radius 3 is 2.88 bits per heavy atom. The number of halogens is 1. The number of amides is 1. The number of rotatable bonds is 2. The Labute approximate surface area is 147 Å². The van der Waals surface area contributed by atoms with E-state index in [0.29, 0.717) is 12.2 Å². The molecule has 4 nitrogen and oxygen atoms in total. The van der Waals surface area contributed by atoms with Crippen molar-refractivity contribution in [2.24, 2.45) is 7.05 Å². The van der Waals surface area contributed by atoms with Crippen LogP contribution in [0, 0.1) is 5.82 Å². The zero-order valence-electron chi connectivity index (χ0n) is 14.7. The third kappa shape index (κ3) is 2.96. The van der Waals surface area contributed by atoms with Gasteiger partial charge in [-0.1, -0.05) is 12.1 Å². The number of fused-ring (bicyclic) bond motifs is 1. The summed E-state index contributed by atoms with van der Waals surface area (Å²) < 4.78 is 15.6. The van der Waals surface area contributed by atoms with Crippen LogP contribution in [0.5, 0.6) is 0 Å². The monoisotopic (exact) mass is 341 g/mol. The molecule has 0 saturated carbocycles. The van der Waals surface area contributed by atoms with Crippen LogP contribution >= 0.6 is 0 Å². The molecular formula is C20H24FN3O. The molecule has 5 heteroatoms. The van der Waals surface area contributed by atoms with Gasteiger partial charge in [-0.3, -0.25) is 9.48 Å². The lowest BCUT2D eigenvalue weighted by Crippen LogP contribution is -2.39. The Bertz CT molecular complexity index is 798. The van der Waals surface area contributed by atoms with Crippen LogP contribution in [0.1, 0.15) is 65.5 Å². The highest BCUT2D eigenvalue weighted by Gasteiger charge is 2.33. The van der Waals surface area contributed by atoms with Gasteiger partial charge in [-0.25, -0.2) is 4.39 Å². The molecular weight excluding hydrogens is 317 g/mol. The molecule has 0 spiro atoms. The van der Waals surface area contributed by atoms with E-state index in [-0.39, 0.29) is 17.8 Å². The second-order valence-corrected chi connectivity index (χ2v) is 7.17. The Morgan fingerprint density at radius 2 is 2.04 bits per heavy atom. The second kappa shape index (κ2) is 6.62. The van der Waals surface area contributed by atoms with E-state index in [0.717, 1.165) is 56.1 Å². The summed E-state index contributed by atoms with van der Waals surface area (Å²) in [5, 5.41) is 4.56. The van der Waals surface area contributed by atoms with E-state index in [1.807, 2.05) is 22.7 Å². The minimum atomic E-state index is -0.245. The summed E-state index contributed by atoms with van der Waals surface area (Å²) >= 11 is 0. The van der Waals surface area contributed by atoms with Crippen LogP contribution in [0.15, 0.2) is 24.3 Å². The molecule has 2 heterocycles. The summed E-state index contributed by atoms with van der Waals surface area (Å²) in [7, 11) is 1.93. The molecule has 25 heavy (non-hydrogen) atoms. The molecule has 132 valence electrons. The SMILES string of the molecule is Cn1nc(C(=O)N2CCCC[C@H]2c2cccc(F)c2)c2c1CCCC2. The topological polar surface area (TPSA) is 38.1 Å². The summed E-state index contributed by atoms with van der Waals surface area (Å²) in [5.74, 6) is -0.238. The van der Waals surface area contributed by atoms with E-state index in [2.05, 4.69) is 5.10 Å². The first-order valence-electron chi connectivity index (χ1n) is 9.26. The Kier molecular flexibility index (Phi) is 4.32. The van der Waals surface area contributed by atoms with Gasteiger partial charge in [-0.2, -0.15) is 5.10 Å². The molecule has 2 aromatic rings. The number of aryl methyl sites for hydroxylation is 1. The van der Waals surface area contributed by atoms with Crippen molar-refractivity contribution < 1.29 is 9.18 Å². The quantitative estimate of drug-likeness (QED) is 0.833. The van der Waals surface area contributed by atoms with E-state index in [1.54, 1.807) is 12.1 Å². The van der Waals surface area contributed by atoms with Gasteiger partial charge in [-0.15, -0.1) is 0 Å². The first-order chi connectivity index (χ1) is 12.1. The lowest BCUT2D eigenvalue weighted by atomic mass is 9.92. The number of hydrogen-bond donors (Lipinski definition) is 0. The highest BCUT2D eigenvalue weighted by molar-refractivity contribution is 5.94. The lowest BCUT2D eigenvalue weighted by molar-refractivity contribution is 0.0603. The molecule has 1 aromatic heterocycles. The number of benzene rings is 1. The van der Waals surface area contributed by atoms with Crippen LogP contribution in [0.2, 0.25) is 0 Å². The fraction of sp³-hybridized carbons (Fsp3) is 0.500. The van der Waals surface area contributed by atoms with Crippen molar-refractivity contribution in [2.45, 2.75) is 51.0 Å². The van der Waals surface area contributed by atoms with Gasteiger partial charge in [-0.05, 0) is 62.6 Å². The van der Waals surface area contributed by atoms with E-state index >= 15 is 0 Å². The lowest BCUT2D eigenvalue weighted by Gasteiger charge is -2.36. The van der Waals surface area contributed by atoms with Crippen LogP contribution in [-0.4, -0.2) is 27.1 Å². The van der Waals surface area contributed by atoms with E-state index in [9.17, 15) is 9.18 Å². The van der Waals surface area contributed by atoms with Crippen LogP contribution in [-0.2, 0) is 19.9 Å². The molecule has 1 fully saturated rings. The third-order valence-corrected chi connectivity index (χ3v) is 5.56. The number of hydrogen-bond acceptors (Lipinski definition) is 2. The zero-order valence-corrected chi connectivity index (χ0v) is 14.7. The van der Waals surface area contributed by atoms with Crippen molar-refractivity contribution in [1.29, 1.82) is 0 Å². The zero-order chi connectivity index (χ0) is 17.4. The number of aromatic nitrogens is 2. The summed E-state index contributed by atoms with van der Waals surface area (Å²) in [4.78, 5) is 15.2. The standard InChI is InChI=1S/C20H24FN3O/c1-23-18-11-3-2-9-16(18)19(22-23)20(25)24-12-5-4-10-17(24)14-7-6-8-15(21)13-14/h6-8,13,17H,2-5,9-12H2,1H3/t17-/m0/s1. The second-order valence-electron chi connectivity index (χ2n) is 7.17. The smallest absolute Gasteiger partial charge is 0.275 e. The first kappa shape index (κ1) is 16.3. The van der Waals surface area contributed by atoms with E-state index in [4.69, 9.17) is 0 Å². The van der Waals surface area contributed by atoms with Crippen molar-refractivity contribution in [1.82, 2.24) is 14.7 Å². The number of nitrogens with zero attached hydrogens (tertiary/aromatic N) is 3. The van der Waals surface area contributed by atoms with Gasteiger partial charge in [0.25, 0.3) is 5.91 Å². The van der Waals surface area contributed by atoms with Crippen LogP contribution < -0.4 is 0 Å². The number of likely N-dealkylation sites (tertiary alicyclic amines) is 1. The summed E-state index contributed by atoms with van der Waals surface area (Å²) in [6, 6.07) is 6.61. The Morgan fingerprint density at radius 1 is 1.20 bits per heavy atom. The fourth-order valence-electron chi connectivity index (χ4n) is 4.32. The normalized spacial score (nSPS) is 20.4. The first-order valence-corrected chi connectivity index (χ1v) is 9.26. The molecule has 1 amide bonds. The summed E-state index contributed by atoms with van der Waals surface area (Å²) in [5.41, 5.74) is 3.83. The molecule has 1 aliphatic heterocycles. The molecule has 0 N–H and O–H groups in total. The van der Waals surface area contributed by atoms with Gasteiger partial charge in [0.1, 0.15) is 5.82 Å². The Balaban J connectivity index is 1.68. The van der Waals surface area contributed by atoms with Crippen molar-refractivity contribution in [3.05, 3.63) is 52.6 Å².